The molecule has 15 heavy (non-hydrogen) atoms. The number of methoxy groups -OCH3 is 1. The van der Waals surface area contributed by atoms with E-state index in [1.807, 2.05) is 6.07 Å². The molecule has 2 heteroatoms. The number of hydrogen-bond acceptors (Lipinski definition) is 1. The lowest BCUT2D eigenvalue weighted by molar-refractivity contribution is 0.411. The number of allylic oxidation sites excluding steroid dienone is 1. The predicted molar refractivity (Wildman–Crippen MR) is 64.8 cm³/mol. The van der Waals surface area contributed by atoms with Gasteiger partial charge in [0.15, 0.2) is 0 Å². The van der Waals surface area contributed by atoms with Crippen LogP contribution in [0, 0.1) is 0 Å². The summed E-state index contributed by atoms with van der Waals surface area (Å²) in [4.78, 5) is 0. The molecule has 0 fully saturated rings. The monoisotopic (exact) mass is 222 g/mol. The van der Waals surface area contributed by atoms with Gasteiger partial charge >= 0.3 is 0 Å². The van der Waals surface area contributed by atoms with Crippen LogP contribution < -0.4 is 4.74 Å². The summed E-state index contributed by atoms with van der Waals surface area (Å²) in [7, 11) is 1.68. The Morgan fingerprint density at radius 3 is 2.73 bits per heavy atom. The minimum atomic E-state index is 0.491. The quantitative estimate of drug-likeness (QED) is 0.734. The molecule has 2 rings (SSSR count). The molecular weight excluding hydrogens is 208 g/mol. The van der Waals surface area contributed by atoms with Gasteiger partial charge in [0.25, 0.3) is 0 Å². The molecule has 0 amide bonds. The van der Waals surface area contributed by atoms with Gasteiger partial charge < -0.3 is 4.74 Å². The molecule has 0 atom stereocenters. The van der Waals surface area contributed by atoms with Gasteiger partial charge in [-0.1, -0.05) is 37.6 Å². The van der Waals surface area contributed by atoms with Crippen LogP contribution in [0.15, 0.2) is 12.1 Å². The summed E-state index contributed by atoms with van der Waals surface area (Å²) in [6, 6.07) is 2.03. The maximum Gasteiger partial charge on any atom is 0.141 e. The smallest absolute Gasteiger partial charge is 0.141 e. The second-order valence-electron chi connectivity index (χ2n) is 4.13. The molecule has 1 aliphatic carbocycles. The van der Waals surface area contributed by atoms with Crippen LogP contribution in [0.4, 0.5) is 0 Å². The van der Waals surface area contributed by atoms with Gasteiger partial charge in [0, 0.05) is 5.56 Å². The summed E-state index contributed by atoms with van der Waals surface area (Å²) in [6.45, 7) is 4.37. The van der Waals surface area contributed by atoms with Crippen molar-refractivity contribution >= 4 is 17.7 Å². The lowest BCUT2D eigenvalue weighted by Crippen LogP contribution is -1.98. The number of halogens is 1. The molecule has 0 spiro atoms. The van der Waals surface area contributed by atoms with Crippen LogP contribution in [0.5, 0.6) is 5.75 Å². The zero-order valence-corrected chi connectivity index (χ0v) is 10.1. The van der Waals surface area contributed by atoms with Crippen LogP contribution in [0.1, 0.15) is 36.5 Å². The molecule has 0 heterocycles. The molecular formula is C13H15ClO. The third-order valence-electron chi connectivity index (χ3n) is 2.84. The van der Waals surface area contributed by atoms with Crippen LogP contribution in [0.3, 0.4) is 0 Å². The molecule has 0 radical (unpaired) electrons. The Morgan fingerprint density at radius 2 is 2.13 bits per heavy atom. The molecule has 0 saturated carbocycles. The van der Waals surface area contributed by atoms with Gasteiger partial charge in [0.05, 0.1) is 12.1 Å². The second-order valence-corrected chi connectivity index (χ2v) is 4.54. The van der Waals surface area contributed by atoms with Crippen LogP contribution in [-0.4, -0.2) is 7.11 Å². The second kappa shape index (κ2) is 3.90. The Balaban J connectivity index is 2.66. The molecule has 1 aromatic carbocycles. The van der Waals surface area contributed by atoms with Gasteiger partial charge in [0.2, 0.25) is 0 Å². The first kappa shape index (κ1) is 10.6. The minimum absolute atomic E-state index is 0.491. The fraction of sp³-hybridized carbons (Fsp3) is 0.385. The molecule has 0 bridgehead atoms. The Labute approximate surface area is 95.7 Å². The zero-order chi connectivity index (χ0) is 11.0. The van der Waals surface area contributed by atoms with Crippen molar-refractivity contribution in [2.45, 2.75) is 26.2 Å². The highest BCUT2D eigenvalue weighted by Gasteiger charge is 2.19. The van der Waals surface area contributed by atoms with Crippen LogP contribution in [0.2, 0.25) is 5.02 Å². The lowest BCUT2D eigenvalue weighted by atomic mass is 9.94. The number of fused-ring (bicyclic) bond motifs is 1. The van der Waals surface area contributed by atoms with Gasteiger partial charge in [0.1, 0.15) is 5.75 Å². The fourth-order valence-corrected chi connectivity index (χ4v) is 2.42. The van der Waals surface area contributed by atoms with Crippen molar-refractivity contribution in [1.82, 2.24) is 0 Å². The third kappa shape index (κ3) is 1.65. The Hall–Kier alpha value is -0.950. The van der Waals surface area contributed by atoms with E-state index in [0.29, 0.717) is 5.92 Å². The van der Waals surface area contributed by atoms with Gasteiger partial charge in [-0.05, 0) is 29.5 Å². The Kier molecular flexibility index (Phi) is 2.74. The number of rotatable bonds is 2. The highest BCUT2D eigenvalue weighted by molar-refractivity contribution is 6.32. The average Bonchev–Trinajstić information content (AvgIpc) is 2.64. The molecule has 0 aliphatic heterocycles. The number of benzene rings is 1. The van der Waals surface area contributed by atoms with E-state index in [1.54, 1.807) is 7.11 Å². The van der Waals surface area contributed by atoms with Crippen molar-refractivity contribution in [3.8, 4) is 5.75 Å². The maximum atomic E-state index is 6.20. The molecule has 0 unspecified atom stereocenters. The molecule has 80 valence electrons. The summed E-state index contributed by atoms with van der Waals surface area (Å²) in [5.41, 5.74) is 3.84. The van der Waals surface area contributed by atoms with Crippen molar-refractivity contribution in [2.24, 2.45) is 0 Å². The first-order valence-electron chi connectivity index (χ1n) is 5.21. The van der Waals surface area contributed by atoms with Crippen molar-refractivity contribution in [3.63, 3.8) is 0 Å². The van der Waals surface area contributed by atoms with Gasteiger partial charge in [-0.2, -0.15) is 0 Å². The van der Waals surface area contributed by atoms with Crippen molar-refractivity contribution < 1.29 is 4.74 Å². The predicted octanol–water partition coefficient (Wildman–Crippen LogP) is 4.04. The molecule has 1 nitrogen and oxygen atoms in total. The first-order chi connectivity index (χ1) is 7.15. The van der Waals surface area contributed by atoms with E-state index in [0.717, 1.165) is 17.2 Å². The minimum Gasteiger partial charge on any atom is -0.495 e. The van der Waals surface area contributed by atoms with Gasteiger partial charge in [-0.3, -0.25) is 0 Å². The van der Waals surface area contributed by atoms with E-state index in [1.165, 1.54) is 16.7 Å². The van der Waals surface area contributed by atoms with Crippen molar-refractivity contribution in [1.29, 1.82) is 0 Å². The SMILES string of the molecule is COc1c(Cl)cc(C(C)C)c2c1CC=C2. The molecule has 0 N–H and O–H groups in total. The molecule has 1 aromatic rings. The largest absolute Gasteiger partial charge is 0.495 e. The van der Waals surface area contributed by atoms with E-state index in [9.17, 15) is 0 Å². The van der Waals surface area contributed by atoms with Gasteiger partial charge in [-0.15, -0.1) is 0 Å². The van der Waals surface area contributed by atoms with Crippen LogP contribution >= 0.6 is 11.6 Å². The molecule has 1 aliphatic rings. The van der Waals surface area contributed by atoms with Gasteiger partial charge in [-0.25, -0.2) is 0 Å². The summed E-state index contributed by atoms with van der Waals surface area (Å²) < 4.78 is 5.35. The number of hydrogen-bond donors (Lipinski definition) is 0. The highest BCUT2D eigenvalue weighted by atomic mass is 35.5. The molecule has 0 aromatic heterocycles. The van der Waals surface area contributed by atoms with E-state index < -0.39 is 0 Å². The summed E-state index contributed by atoms with van der Waals surface area (Å²) in [5.74, 6) is 1.32. The summed E-state index contributed by atoms with van der Waals surface area (Å²) >= 11 is 6.20. The van der Waals surface area contributed by atoms with Crippen LogP contribution in [-0.2, 0) is 6.42 Å². The number of ether oxygens (including phenoxy) is 1. The normalized spacial score (nSPS) is 13.4. The standard InChI is InChI=1S/C13H15ClO/c1-8(2)11-7-12(14)13(15-3)10-6-4-5-9(10)11/h4-5,7-8H,6H2,1-3H3. The van der Waals surface area contributed by atoms with E-state index in [2.05, 4.69) is 26.0 Å². The fourth-order valence-electron chi connectivity index (χ4n) is 2.11. The zero-order valence-electron chi connectivity index (χ0n) is 9.30. The summed E-state index contributed by atoms with van der Waals surface area (Å²) in [6.07, 6.45) is 5.26. The third-order valence-corrected chi connectivity index (χ3v) is 3.12. The van der Waals surface area contributed by atoms with Crippen molar-refractivity contribution in [2.75, 3.05) is 7.11 Å². The highest BCUT2D eigenvalue weighted by Crippen LogP contribution is 2.40. The van der Waals surface area contributed by atoms with E-state index >= 15 is 0 Å². The lowest BCUT2D eigenvalue weighted by Gasteiger charge is -2.16. The van der Waals surface area contributed by atoms with Crippen LogP contribution in [0.25, 0.3) is 6.08 Å². The maximum absolute atomic E-state index is 6.20. The first-order valence-corrected chi connectivity index (χ1v) is 5.58. The average molecular weight is 223 g/mol. The van der Waals surface area contributed by atoms with E-state index in [-0.39, 0.29) is 0 Å². The Morgan fingerprint density at radius 1 is 1.40 bits per heavy atom. The van der Waals surface area contributed by atoms with Crippen molar-refractivity contribution in [3.05, 3.63) is 33.9 Å². The van der Waals surface area contributed by atoms with E-state index in [4.69, 9.17) is 16.3 Å². The Bertz CT molecular complexity index is 419. The summed E-state index contributed by atoms with van der Waals surface area (Å²) in [5, 5.41) is 0.726. The molecule has 0 saturated heterocycles. The topological polar surface area (TPSA) is 9.23 Å².